The fourth-order valence-electron chi connectivity index (χ4n) is 5.51. The molecule has 0 saturated carbocycles. The van der Waals surface area contributed by atoms with E-state index in [-0.39, 0.29) is 9.41 Å². The molecule has 176 valence electrons. The van der Waals surface area contributed by atoms with Gasteiger partial charge in [-0.2, -0.15) is 0 Å². The molecule has 0 nitrogen and oxygen atoms in total. The van der Waals surface area contributed by atoms with E-state index in [2.05, 4.69) is 129 Å². The van der Waals surface area contributed by atoms with Crippen LogP contribution in [0.4, 0.5) is 0 Å². The third-order valence-corrected chi connectivity index (χ3v) is 12.9. The number of hydrogen-bond acceptors (Lipinski definition) is 1. The van der Waals surface area contributed by atoms with Crippen molar-refractivity contribution in [2.24, 2.45) is 0 Å². The van der Waals surface area contributed by atoms with Crippen LogP contribution in [0.1, 0.15) is 45.2 Å². The summed E-state index contributed by atoms with van der Waals surface area (Å²) in [5.74, 6) is 0.707. The van der Waals surface area contributed by atoms with Crippen molar-refractivity contribution < 1.29 is 32.6 Å². The summed E-state index contributed by atoms with van der Waals surface area (Å²) in [4.78, 5) is 2.72. The maximum Gasteiger partial charge on any atom is -1.00 e. The van der Waals surface area contributed by atoms with Crippen molar-refractivity contribution in [3.63, 3.8) is 0 Å². The van der Waals surface area contributed by atoms with Crippen LogP contribution in [-0.2, 0) is 23.2 Å². The van der Waals surface area contributed by atoms with Crippen molar-refractivity contribution >= 4 is 55.8 Å². The van der Waals surface area contributed by atoms with E-state index in [1.165, 1.54) is 52.1 Å². The average molecular weight is 700 g/mol. The van der Waals surface area contributed by atoms with Crippen molar-refractivity contribution in [1.82, 2.24) is 0 Å². The molecule has 6 heteroatoms. The Balaban J connectivity index is 0.00000133. The van der Waals surface area contributed by atoms with Crippen LogP contribution in [0, 0.1) is 0 Å². The number of hydrogen-bond donors (Lipinski definition) is 0. The first-order valence-electron chi connectivity index (χ1n) is 11.3. The molecule has 2 unspecified atom stereocenters. The van der Waals surface area contributed by atoms with E-state index >= 15 is 0 Å². The first-order chi connectivity index (χ1) is 16.7. The minimum absolute atomic E-state index is 0. The molecular weight excluding hydrogens is 681 g/mol. The largest absolute Gasteiger partial charge is 1.00 e. The number of rotatable bonds is 3. The molecule has 4 aromatic rings. The molecule has 36 heavy (non-hydrogen) atoms. The molecule has 1 aliphatic heterocycles. The fourth-order valence-corrected chi connectivity index (χ4v) is 11.9. The quantitative estimate of drug-likeness (QED) is 0.316. The van der Waals surface area contributed by atoms with Crippen LogP contribution >= 0.6 is 43.6 Å². The van der Waals surface area contributed by atoms with Crippen molar-refractivity contribution in [2.75, 3.05) is 0 Å². The van der Waals surface area contributed by atoms with E-state index in [9.17, 15) is 0 Å². The molecule has 0 radical (unpaired) electrons. The Hall–Kier alpha value is -1.59. The Kier molecular flexibility index (Phi) is 7.44. The average Bonchev–Trinajstić information content (AvgIpc) is 3.42. The van der Waals surface area contributed by atoms with E-state index < -0.39 is 23.2 Å². The second kappa shape index (κ2) is 10.3. The normalized spacial score (nSPS) is 17.9. The molecule has 0 fully saturated rings. The first kappa shape index (κ1) is 26.0. The SMILES string of the molecule is Brc1cccc2c1C(c1ccccc1)[C]([Zr+2][C]1=Cc3c4ccc(Br)c3C1c1cccc(c1)S4)=C2.[F-].[F-]. The number of allylic oxidation sites excluding steroid dienone is 2. The maximum atomic E-state index is 3.92. The van der Waals surface area contributed by atoms with Gasteiger partial charge in [-0.05, 0) is 0 Å². The molecule has 2 atom stereocenters. The molecule has 0 amide bonds. The smallest absolute Gasteiger partial charge is 1.00 e. The maximum absolute atomic E-state index is 3.92. The van der Waals surface area contributed by atoms with Gasteiger partial charge in [0.15, 0.2) is 0 Å². The standard InChI is InChI=1S/C15H8BrS.C15H10Br.2FH.Zr/c16-13-6-7-14-12-5-4-11(15(12)13)9-2-1-3-10(8-9)17-14;16-14-8-4-7-12-9-10-13(15(12)14)11-5-2-1-3-6-11;;;/h1-3,5-8,11H;1-9,13H;2*1H;/q;;;;+2/p-2. The molecule has 0 saturated heterocycles. The van der Waals surface area contributed by atoms with E-state index in [1.807, 2.05) is 11.8 Å². The minimum atomic E-state index is -1.07. The van der Waals surface area contributed by atoms with Crippen LogP contribution < -0.4 is 9.41 Å². The zero-order chi connectivity index (χ0) is 22.8. The zero-order valence-corrected chi connectivity index (χ0v) is 25.3. The van der Waals surface area contributed by atoms with Gasteiger partial charge in [0.05, 0.1) is 0 Å². The molecule has 2 aliphatic carbocycles. The third kappa shape index (κ3) is 4.19. The molecular formula is C30H18Br2F2SZr. The Morgan fingerprint density at radius 3 is 2.17 bits per heavy atom. The molecule has 0 spiro atoms. The second-order valence-electron chi connectivity index (χ2n) is 8.89. The molecule has 3 aliphatic rings. The third-order valence-electron chi connectivity index (χ3n) is 6.93. The molecule has 6 bridgehead atoms. The van der Waals surface area contributed by atoms with E-state index in [0.717, 1.165) is 0 Å². The number of fused-ring (bicyclic) bond motifs is 4. The van der Waals surface area contributed by atoms with Gasteiger partial charge in [0.2, 0.25) is 0 Å². The molecule has 7 rings (SSSR count). The van der Waals surface area contributed by atoms with Crippen LogP contribution in [-0.4, -0.2) is 0 Å². The van der Waals surface area contributed by atoms with Gasteiger partial charge in [-0.1, -0.05) is 0 Å². The number of benzene rings is 4. The molecule has 0 N–H and O–H groups in total. The van der Waals surface area contributed by atoms with E-state index in [1.54, 1.807) is 6.56 Å². The summed E-state index contributed by atoms with van der Waals surface area (Å²) in [6.45, 7) is 0. The Morgan fingerprint density at radius 2 is 1.33 bits per heavy atom. The molecule has 0 aromatic heterocycles. The van der Waals surface area contributed by atoms with Gasteiger partial charge < -0.3 is 9.41 Å². The van der Waals surface area contributed by atoms with Crippen LogP contribution in [0.15, 0.2) is 110 Å². The predicted octanol–water partition coefficient (Wildman–Crippen LogP) is 3.44. The van der Waals surface area contributed by atoms with E-state index in [0.29, 0.717) is 11.8 Å². The predicted molar refractivity (Wildman–Crippen MR) is 145 cm³/mol. The Labute approximate surface area is 241 Å². The zero-order valence-electron chi connectivity index (χ0n) is 18.8. The van der Waals surface area contributed by atoms with Gasteiger partial charge in [-0.25, -0.2) is 0 Å². The fraction of sp³-hybridized carbons (Fsp3) is 0.0667. The van der Waals surface area contributed by atoms with Gasteiger partial charge >= 0.3 is 234 Å². The summed E-state index contributed by atoms with van der Waals surface area (Å²) in [7, 11) is 0. The summed E-state index contributed by atoms with van der Waals surface area (Å²) in [5.41, 5.74) is 8.53. The molecule has 1 heterocycles. The van der Waals surface area contributed by atoms with Gasteiger partial charge in [-0.15, -0.1) is 0 Å². The second-order valence-corrected chi connectivity index (χ2v) is 15.2. The van der Waals surface area contributed by atoms with Gasteiger partial charge in [-0.3, -0.25) is 0 Å². The molecule has 4 aromatic carbocycles. The minimum Gasteiger partial charge on any atom is -1.00 e. The van der Waals surface area contributed by atoms with Gasteiger partial charge in [0.1, 0.15) is 0 Å². The van der Waals surface area contributed by atoms with Crippen molar-refractivity contribution in [3.8, 4) is 0 Å². The summed E-state index contributed by atoms with van der Waals surface area (Å²) < 4.78 is 5.75. The van der Waals surface area contributed by atoms with Crippen molar-refractivity contribution in [1.29, 1.82) is 0 Å². The topological polar surface area (TPSA) is 0 Å². The van der Waals surface area contributed by atoms with Crippen molar-refractivity contribution in [3.05, 3.63) is 134 Å². The summed E-state index contributed by atoms with van der Waals surface area (Å²) in [6.07, 6.45) is 5.06. The summed E-state index contributed by atoms with van der Waals surface area (Å²) in [5, 5.41) is 0. The van der Waals surface area contributed by atoms with Crippen molar-refractivity contribution in [2.45, 2.75) is 21.6 Å². The van der Waals surface area contributed by atoms with Gasteiger partial charge in [0.25, 0.3) is 0 Å². The summed E-state index contributed by atoms with van der Waals surface area (Å²) in [6, 6.07) is 31.4. The van der Waals surface area contributed by atoms with Crippen LogP contribution in [0.2, 0.25) is 0 Å². The number of halogens is 4. The first-order valence-corrected chi connectivity index (χ1v) is 16.2. The van der Waals surface area contributed by atoms with E-state index in [4.69, 9.17) is 0 Å². The van der Waals surface area contributed by atoms with Crippen LogP contribution in [0.25, 0.3) is 12.2 Å². The Morgan fingerprint density at radius 1 is 0.639 bits per heavy atom. The van der Waals surface area contributed by atoms with Crippen LogP contribution in [0.5, 0.6) is 0 Å². The summed E-state index contributed by atoms with van der Waals surface area (Å²) >= 11 is 8.63. The Bertz CT molecular complexity index is 1550. The van der Waals surface area contributed by atoms with Gasteiger partial charge in [0, 0.05) is 0 Å². The monoisotopic (exact) mass is 696 g/mol. The van der Waals surface area contributed by atoms with Crippen LogP contribution in [0.3, 0.4) is 0 Å².